The van der Waals surface area contributed by atoms with E-state index in [9.17, 15) is 5.11 Å². The van der Waals surface area contributed by atoms with Crippen LogP contribution in [0.2, 0.25) is 5.02 Å². The normalized spacial score (nSPS) is 17.6. The second-order valence-corrected chi connectivity index (χ2v) is 12.4. The molecule has 0 spiro atoms. The fraction of sp³-hybridized carbons (Fsp3) is 0.357. The van der Waals surface area contributed by atoms with Gasteiger partial charge in [-0.05, 0) is 100 Å². The first kappa shape index (κ1) is 24.0. The van der Waals surface area contributed by atoms with Crippen molar-refractivity contribution in [1.82, 2.24) is 4.57 Å². The summed E-state index contributed by atoms with van der Waals surface area (Å²) >= 11 is 8.05. The van der Waals surface area contributed by atoms with E-state index in [0.29, 0.717) is 27.7 Å². The Hall–Kier alpha value is -2.32. The van der Waals surface area contributed by atoms with Crippen molar-refractivity contribution in [3.8, 4) is 17.0 Å². The highest BCUT2D eigenvalue weighted by Gasteiger charge is 2.37. The zero-order valence-electron chi connectivity index (χ0n) is 20.6. The summed E-state index contributed by atoms with van der Waals surface area (Å²) in [5.74, 6) is 0.704. The van der Waals surface area contributed by atoms with Gasteiger partial charge >= 0.3 is 7.48 Å². The first-order valence-corrected chi connectivity index (χ1v) is 13.4. The van der Waals surface area contributed by atoms with Gasteiger partial charge < -0.3 is 14.5 Å². The van der Waals surface area contributed by atoms with Gasteiger partial charge in [-0.25, -0.2) is 4.39 Å². The fourth-order valence-electron chi connectivity index (χ4n) is 4.47. The topological polar surface area (TPSA) is 43.6 Å². The number of benzene rings is 2. The lowest BCUT2D eigenvalue weighted by Gasteiger charge is -2.37. The smallest absolute Gasteiger partial charge is 0.331 e. The minimum atomic E-state index is -1.08. The van der Waals surface area contributed by atoms with Crippen molar-refractivity contribution in [3.63, 3.8) is 0 Å². The van der Waals surface area contributed by atoms with Crippen molar-refractivity contribution in [2.45, 2.75) is 63.9 Å². The highest BCUT2D eigenvalue weighted by atomic mass is 35.5. The predicted molar refractivity (Wildman–Crippen MR) is 144 cm³/mol. The number of nitrogens with zero attached hydrogens (tertiary/aromatic N) is 1. The molecule has 2 aromatic heterocycles. The highest BCUT2D eigenvalue weighted by Crippen LogP contribution is 2.49. The molecule has 6 rings (SSSR count). The van der Waals surface area contributed by atoms with E-state index in [1.807, 2.05) is 24.3 Å². The molecule has 1 fully saturated rings. The number of aliphatic hydroxyl groups is 1. The molecular weight excluding hydrogens is 496 g/mol. The SMILES string of the molecule is CC(C)(O)C(C)(C)O[B]c1cc(F)c2c(c1)OC(c1ccc(C3CC3)s1)n1c-2cc2cc(Cl)ccc21. The maximum absolute atomic E-state index is 15.7. The molecule has 1 aliphatic carbocycles. The van der Waals surface area contributed by atoms with E-state index in [0.717, 1.165) is 21.5 Å². The van der Waals surface area contributed by atoms with Crippen LogP contribution in [0.4, 0.5) is 4.39 Å². The molecule has 1 N–H and O–H groups in total. The van der Waals surface area contributed by atoms with Crippen molar-refractivity contribution in [2.75, 3.05) is 0 Å². The zero-order chi connectivity index (χ0) is 25.4. The molecule has 1 unspecified atom stereocenters. The zero-order valence-corrected chi connectivity index (χ0v) is 22.2. The summed E-state index contributed by atoms with van der Waals surface area (Å²) in [5.41, 5.74) is 0.679. The van der Waals surface area contributed by atoms with Gasteiger partial charge in [0.25, 0.3) is 0 Å². The van der Waals surface area contributed by atoms with Crippen LogP contribution >= 0.6 is 22.9 Å². The van der Waals surface area contributed by atoms with E-state index in [2.05, 4.69) is 16.7 Å². The van der Waals surface area contributed by atoms with Gasteiger partial charge in [-0.2, -0.15) is 0 Å². The molecule has 185 valence electrons. The lowest BCUT2D eigenvalue weighted by molar-refractivity contribution is -0.0893. The quantitative estimate of drug-likeness (QED) is 0.284. The Morgan fingerprint density at radius 2 is 1.83 bits per heavy atom. The molecule has 2 aliphatic rings. The van der Waals surface area contributed by atoms with E-state index in [-0.39, 0.29) is 0 Å². The summed E-state index contributed by atoms with van der Waals surface area (Å²) in [7, 11) is 1.49. The lowest BCUT2D eigenvalue weighted by Crippen LogP contribution is -2.49. The average molecular weight is 523 g/mol. The van der Waals surface area contributed by atoms with Crippen molar-refractivity contribution >= 4 is 46.8 Å². The van der Waals surface area contributed by atoms with Crippen LogP contribution < -0.4 is 10.2 Å². The number of halogens is 2. The molecule has 2 aromatic carbocycles. The number of hydrogen-bond donors (Lipinski definition) is 1. The van der Waals surface area contributed by atoms with Crippen molar-refractivity contribution in [1.29, 1.82) is 0 Å². The van der Waals surface area contributed by atoms with E-state index in [1.165, 1.54) is 31.3 Å². The summed E-state index contributed by atoms with van der Waals surface area (Å²) < 4.78 is 30.2. The van der Waals surface area contributed by atoms with Crippen LogP contribution in [0.15, 0.2) is 48.5 Å². The maximum Gasteiger partial charge on any atom is 0.331 e. The molecule has 36 heavy (non-hydrogen) atoms. The summed E-state index contributed by atoms with van der Waals surface area (Å²) in [6.07, 6.45) is 2.04. The number of thiophene rings is 1. The van der Waals surface area contributed by atoms with Gasteiger partial charge in [0, 0.05) is 15.3 Å². The lowest BCUT2D eigenvalue weighted by atomic mass is 9.82. The van der Waals surface area contributed by atoms with Gasteiger partial charge in [0.05, 0.1) is 32.9 Å². The van der Waals surface area contributed by atoms with Gasteiger partial charge in [0.2, 0.25) is 6.23 Å². The summed E-state index contributed by atoms with van der Waals surface area (Å²) in [6, 6.07) is 15.2. The van der Waals surface area contributed by atoms with Crippen molar-refractivity contribution in [3.05, 3.63) is 69.1 Å². The Balaban J connectivity index is 1.45. The summed E-state index contributed by atoms with van der Waals surface area (Å²) in [5, 5.41) is 12.0. The van der Waals surface area contributed by atoms with E-state index in [1.54, 1.807) is 45.1 Å². The van der Waals surface area contributed by atoms with Crippen LogP contribution in [-0.2, 0) is 4.65 Å². The molecule has 3 heterocycles. The molecule has 8 heteroatoms. The molecule has 0 bridgehead atoms. The summed E-state index contributed by atoms with van der Waals surface area (Å²) in [4.78, 5) is 2.45. The van der Waals surface area contributed by atoms with Crippen LogP contribution in [-0.4, -0.2) is 28.4 Å². The van der Waals surface area contributed by atoms with Crippen molar-refractivity contribution in [2.24, 2.45) is 0 Å². The molecule has 1 saturated carbocycles. The van der Waals surface area contributed by atoms with Crippen molar-refractivity contribution < 1.29 is 18.9 Å². The van der Waals surface area contributed by atoms with Gasteiger partial charge in [-0.1, -0.05) is 11.6 Å². The molecular formula is C28H27BClFNO3S. The van der Waals surface area contributed by atoms with E-state index >= 15 is 4.39 Å². The molecule has 0 saturated heterocycles. The second kappa shape index (κ2) is 8.35. The molecule has 1 atom stereocenters. The standard InChI is InChI=1S/C28H27BClFNO3S/c1-27(2,33)28(3,4)35-29-17-13-19(31)25-21-12-16-11-18(30)7-8-20(16)32(21)26(34-22(25)14-17)24-10-9-23(36-24)15-5-6-15/h7-15,26,33H,5-6H2,1-4H3. The van der Waals surface area contributed by atoms with Gasteiger partial charge in [0.15, 0.2) is 0 Å². The van der Waals surface area contributed by atoms with Gasteiger partial charge in [-0.15, -0.1) is 11.3 Å². The van der Waals surface area contributed by atoms with Crippen LogP contribution in [0.5, 0.6) is 5.75 Å². The van der Waals surface area contributed by atoms with Gasteiger partial charge in [-0.3, -0.25) is 4.57 Å². The monoisotopic (exact) mass is 522 g/mol. The Morgan fingerprint density at radius 3 is 2.56 bits per heavy atom. The number of aromatic nitrogens is 1. The minimum absolute atomic E-state index is 0.401. The molecule has 1 radical (unpaired) electrons. The Kier molecular flexibility index (Phi) is 5.58. The average Bonchev–Trinajstić information content (AvgIpc) is 3.41. The molecule has 4 aromatic rings. The Labute approximate surface area is 219 Å². The number of hydrogen-bond acceptors (Lipinski definition) is 4. The predicted octanol–water partition coefficient (Wildman–Crippen LogP) is 6.79. The molecule has 4 nitrogen and oxygen atoms in total. The fourth-order valence-corrected chi connectivity index (χ4v) is 5.85. The van der Waals surface area contributed by atoms with Crippen LogP contribution in [0.1, 0.15) is 62.4 Å². The van der Waals surface area contributed by atoms with Crippen LogP contribution in [0.25, 0.3) is 22.2 Å². The Bertz CT molecular complexity index is 1480. The number of ether oxygens (including phenoxy) is 1. The van der Waals surface area contributed by atoms with E-state index < -0.39 is 23.2 Å². The van der Waals surface area contributed by atoms with Crippen LogP contribution in [0.3, 0.4) is 0 Å². The molecule has 1 aliphatic heterocycles. The maximum atomic E-state index is 15.7. The third-order valence-electron chi connectivity index (χ3n) is 7.44. The summed E-state index contributed by atoms with van der Waals surface area (Å²) in [6.45, 7) is 6.96. The third-order valence-corrected chi connectivity index (χ3v) is 8.95. The van der Waals surface area contributed by atoms with Gasteiger partial charge in [0.1, 0.15) is 11.6 Å². The van der Waals surface area contributed by atoms with Crippen LogP contribution in [0, 0.1) is 5.82 Å². The largest absolute Gasteiger partial charge is 0.464 e. The second-order valence-electron chi connectivity index (χ2n) is 10.8. The molecule has 0 amide bonds. The third kappa shape index (κ3) is 4.06. The Morgan fingerprint density at radius 1 is 1.08 bits per heavy atom. The number of rotatable bonds is 6. The first-order chi connectivity index (χ1) is 17.0. The minimum Gasteiger partial charge on any atom is -0.464 e. The highest BCUT2D eigenvalue weighted by molar-refractivity contribution is 7.12. The first-order valence-electron chi connectivity index (χ1n) is 12.2. The van der Waals surface area contributed by atoms with E-state index in [4.69, 9.17) is 21.0 Å². The number of fused-ring (bicyclic) bond motifs is 5.